The summed E-state index contributed by atoms with van der Waals surface area (Å²) in [6, 6.07) is 4.81. The zero-order valence-corrected chi connectivity index (χ0v) is 12.6. The molecule has 0 spiro atoms. The molecule has 0 aromatic carbocycles. The summed E-state index contributed by atoms with van der Waals surface area (Å²) in [5, 5.41) is 17.8. The molecule has 2 aromatic heterocycles. The topological polar surface area (TPSA) is 87.1 Å². The van der Waals surface area contributed by atoms with Crippen molar-refractivity contribution in [2.24, 2.45) is 4.99 Å². The van der Waals surface area contributed by atoms with Crippen LogP contribution in [0.5, 0.6) is 0 Å². The highest BCUT2D eigenvalue weighted by molar-refractivity contribution is 5.77. The van der Waals surface area contributed by atoms with Crippen molar-refractivity contribution in [3.63, 3.8) is 0 Å². The number of hydrogen-bond acceptors (Lipinski definition) is 5. The van der Waals surface area contributed by atoms with Crippen LogP contribution < -0.4 is 4.85 Å². The van der Waals surface area contributed by atoms with E-state index in [2.05, 4.69) is 31.2 Å². The molecule has 2 heterocycles. The number of pyridine rings is 1. The van der Waals surface area contributed by atoms with Crippen LogP contribution in [0.15, 0.2) is 17.3 Å². The molecule has 0 fully saturated rings. The summed E-state index contributed by atoms with van der Waals surface area (Å²) in [5.74, 6) is 0. The summed E-state index contributed by atoms with van der Waals surface area (Å²) in [6.07, 6.45) is 2.56. The summed E-state index contributed by atoms with van der Waals surface area (Å²) >= 11 is 0. The first kappa shape index (κ1) is 15.1. The van der Waals surface area contributed by atoms with Gasteiger partial charge in [0.2, 0.25) is 0 Å². The van der Waals surface area contributed by atoms with Gasteiger partial charge in [-0.05, 0) is 31.1 Å². The molecule has 0 aliphatic carbocycles. The minimum Gasteiger partial charge on any atom is -0.723 e. The Bertz CT molecular complexity index is 670. The fourth-order valence-electron chi connectivity index (χ4n) is 1.95. The van der Waals surface area contributed by atoms with Gasteiger partial charge in [0.1, 0.15) is 12.7 Å². The number of nitrogens with one attached hydrogen (secondary N) is 1. The first-order valence-electron chi connectivity index (χ1n) is 6.90. The highest BCUT2D eigenvalue weighted by Crippen LogP contribution is 2.18. The zero-order valence-electron chi connectivity index (χ0n) is 12.6. The molecule has 1 N–H and O–H groups in total. The Kier molecular flexibility index (Phi) is 4.97. The van der Waals surface area contributed by atoms with Crippen molar-refractivity contribution in [1.82, 2.24) is 20.2 Å². The molecule has 112 valence electrons. The van der Waals surface area contributed by atoms with Crippen LogP contribution in [0.3, 0.4) is 0 Å². The van der Waals surface area contributed by atoms with Crippen LogP contribution in [0, 0.1) is 5.21 Å². The molecule has 0 bridgehead atoms. The zero-order chi connectivity index (χ0) is 15.2. The Morgan fingerprint density at radius 1 is 1.52 bits per heavy atom. The fraction of sp³-hybridized carbons (Fsp3) is 0.538. The predicted octanol–water partition coefficient (Wildman–Crippen LogP) is 0.381. The molecule has 0 amide bonds. The Balaban J connectivity index is 2.25. The van der Waals surface area contributed by atoms with Crippen LogP contribution in [0.2, 0.25) is 0 Å². The minimum atomic E-state index is 0.264. The maximum absolute atomic E-state index is 11.5. The number of nitrogens with zero attached hydrogens (tertiary/aromatic N) is 6. The quantitative estimate of drug-likeness (QED) is 0.360. The number of H-pyrrole nitrogens is 1. The van der Waals surface area contributed by atoms with Crippen molar-refractivity contribution in [2.45, 2.75) is 13.3 Å². The summed E-state index contributed by atoms with van der Waals surface area (Å²) in [7, 11) is 4.07. The predicted molar refractivity (Wildman–Crippen MR) is 78.8 cm³/mol. The van der Waals surface area contributed by atoms with E-state index in [1.807, 2.05) is 25.6 Å². The van der Waals surface area contributed by atoms with Gasteiger partial charge in [-0.3, -0.25) is 0 Å². The minimum absolute atomic E-state index is 0.264. The van der Waals surface area contributed by atoms with Gasteiger partial charge in [0, 0.05) is 19.0 Å². The number of hydrogen-bond donors (Lipinski definition) is 1. The standard InChI is InChI=1S/C13H20N7O/c1-4-19(10-14-7-5-9-18(2)3)11-6-8-15-13-12(11)16-17-20(13)21/h6,8,17H,4-5,7,9H2,1-3H3/q+1. The smallest absolute Gasteiger partial charge is 0.330 e. The van der Waals surface area contributed by atoms with Crippen molar-refractivity contribution >= 4 is 22.9 Å². The second-order valence-electron chi connectivity index (χ2n) is 4.89. The van der Waals surface area contributed by atoms with Gasteiger partial charge in [-0.1, -0.05) is 0 Å². The Morgan fingerprint density at radius 2 is 2.33 bits per heavy atom. The maximum atomic E-state index is 11.5. The first-order chi connectivity index (χ1) is 10.1. The summed E-state index contributed by atoms with van der Waals surface area (Å²) < 4.78 is 1.83. The van der Waals surface area contributed by atoms with Gasteiger partial charge >= 0.3 is 11.7 Å². The molecule has 2 rings (SSSR count). The lowest BCUT2D eigenvalue weighted by atomic mass is 10.3. The molecule has 8 nitrogen and oxygen atoms in total. The van der Waals surface area contributed by atoms with Crippen molar-refractivity contribution in [2.75, 3.05) is 33.7 Å². The summed E-state index contributed by atoms with van der Waals surface area (Å²) in [5.41, 5.74) is 1.55. The normalized spacial score (nSPS) is 10.9. The van der Waals surface area contributed by atoms with Crippen LogP contribution in [0.4, 0.5) is 5.69 Å². The van der Waals surface area contributed by atoms with E-state index in [9.17, 15) is 5.21 Å². The SMILES string of the molecule is CC[N+](=C=NCCCN(C)C)c1ccnc2c1n[nH][n+]2[O-]. The lowest BCUT2D eigenvalue weighted by Gasteiger charge is -2.04. The monoisotopic (exact) mass is 290 g/mol. The van der Waals surface area contributed by atoms with Gasteiger partial charge in [-0.25, -0.2) is 0 Å². The van der Waals surface area contributed by atoms with Gasteiger partial charge in [-0.15, -0.1) is 10.2 Å². The molecular weight excluding hydrogens is 270 g/mol. The Hall–Kier alpha value is -2.31. The van der Waals surface area contributed by atoms with Crippen LogP contribution >= 0.6 is 0 Å². The van der Waals surface area contributed by atoms with Crippen LogP contribution in [-0.2, 0) is 0 Å². The van der Waals surface area contributed by atoms with Gasteiger partial charge in [0.05, 0.1) is 6.54 Å². The molecular formula is C13H20N7O+. The van der Waals surface area contributed by atoms with E-state index in [0.29, 0.717) is 23.5 Å². The first-order valence-corrected chi connectivity index (χ1v) is 6.90. The third-order valence-electron chi connectivity index (χ3n) is 3.00. The molecule has 0 unspecified atom stereocenters. The Labute approximate surface area is 123 Å². The van der Waals surface area contributed by atoms with E-state index in [4.69, 9.17) is 0 Å². The Morgan fingerprint density at radius 3 is 3.05 bits per heavy atom. The largest absolute Gasteiger partial charge is 0.723 e. The highest BCUT2D eigenvalue weighted by atomic mass is 16.5. The van der Waals surface area contributed by atoms with Crippen LogP contribution in [-0.4, -0.2) is 64.5 Å². The lowest BCUT2D eigenvalue weighted by Crippen LogP contribution is -2.28. The number of aliphatic imine (C=N–C) groups is 1. The third-order valence-corrected chi connectivity index (χ3v) is 3.00. The molecule has 0 saturated heterocycles. The highest BCUT2D eigenvalue weighted by Gasteiger charge is 2.19. The van der Waals surface area contributed by atoms with Crippen molar-refractivity contribution in [3.8, 4) is 0 Å². The van der Waals surface area contributed by atoms with Crippen molar-refractivity contribution in [1.29, 1.82) is 0 Å². The number of aromatic nitrogens is 4. The van der Waals surface area contributed by atoms with Crippen LogP contribution in [0.25, 0.3) is 11.2 Å². The molecule has 0 atom stereocenters. The molecule has 0 aliphatic heterocycles. The maximum Gasteiger partial charge on any atom is 0.330 e. The molecule has 0 radical (unpaired) electrons. The van der Waals surface area contributed by atoms with Crippen LogP contribution in [0.1, 0.15) is 13.3 Å². The lowest BCUT2D eigenvalue weighted by molar-refractivity contribution is -0.645. The van der Waals surface area contributed by atoms with Crippen molar-refractivity contribution in [3.05, 3.63) is 17.5 Å². The molecule has 8 heteroatoms. The van der Waals surface area contributed by atoms with Gasteiger partial charge < -0.3 is 10.1 Å². The average Bonchev–Trinajstić information content (AvgIpc) is 2.85. The van der Waals surface area contributed by atoms with Crippen molar-refractivity contribution < 1.29 is 9.42 Å². The molecule has 2 aromatic rings. The average molecular weight is 290 g/mol. The fourth-order valence-corrected chi connectivity index (χ4v) is 1.95. The van der Waals surface area contributed by atoms with E-state index in [1.54, 1.807) is 12.3 Å². The number of fused-ring (bicyclic) bond motifs is 1. The molecule has 0 saturated carbocycles. The van der Waals surface area contributed by atoms with Gasteiger partial charge in [0.25, 0.3) is 5.52 Å². The third kappa shape index (κ3) is 3.62. The second kappa shape index (κ2) is 6.92. The van der Waals surface area contributed by atoms with E-state index >= 15 is 0 Å². The van der Waals surface area contributed by atoms with Gasteiger partial charge in [-0.2, -0.15) is 9.42 Å². The molecule has 0 aliphatic rings. The molecule has 21 heavy (non-hydrogen) atoms. The number of rotatable bonds is 6. The van der Waals surface area contributed by atoms with E-state index in [-0.39, 0.29) is 5.65 Å². The van der Waals surface area contributed by atoms with E-state index < -0.39 is 0 Å². The van der Waals surface area contributed by atoms with E-state index in [0.717, 1.165) is 18.7 Å². The summed E-state index contributed by atoms with van der Waals surface area (Å²) in [4.78, 5) is 11.0. The van der Waals surface area contributed by atoms with E-state index in [1.165, 1.54) is 0 Å². The number of aromatic amines is 1. The van der Waals surface area contributed by atoms with Gasteiger partial charge in [0.15, 0.2) is 5.69 Å². The summed E-state index contributed by atoms with van der Waals surface area (Å²) in [6.45, 7) is 4.38. The second-order valence-corrected chi connectivity index (χ2v) is 4.89.